The summed E-state index contributed by atoms with van der Waals surface area (Å²) in [6.45, 7) is -0.821. The molecule has 31 heavy (non-hydrogen) atoms. The van der Waals surface area contributed by atoms with Crippen molar-refractivity contribution >= 4 is 17.7 Å². The molecule has 1 aromatic heterocycles. The maximum Gasteiger partial charge on any atom is 0.387 e. The van der Waals surface area contributed by atoms with Crippen molar-refractivity contribution in [1.82, 2.24) is 20.2 Å². The Kier molecular flexibility index (Phi) is 7.82. The number of nitrogens with one attached hydrogen (secondary N) is 1. The molecule has 0 saturated carbocycles. The topological polar surface area (TPSA) is 95.1 Å². The normalized spacial score (nSPS) is 12.0. The highest BCUT2D eigenvalue weighted by molar-refractivity contribution is 7.99. The molecule has 0 bridgehead atoms. The van der Waals surface area contributed by atoms with Gasteiger partial charge in [0.1, 0.15) is 5.75 Å². The average molecular weight is 448 g/mol. The van der Waals surface area contributed by atoms with Crippen LogP contribution in [0.15, 0.2) is 59.8 Å². The highest BCUT2D eigenvalue weighted by Crippen LogP contribution is 2.25. The van der Waals surface area contributed by atoms with E-state index >= 15 is 0 Å². The monoisotopic (exact) mass is 447 g/mol. The molecule has 0 saturated heterocycles. The predicted molar refractivity (Wildman–Crippen MR) is 115 cm³/mol. The summed E-state index contributed by atoms with van der Waals surface area (Å²) in [6, 6.07) is 15.7. The van der Waals surface area contributed by atoms with Crippen LogP contribution in [0.4, 0.5) is 8.78 Å². The smallest absolute Gasteiger partial charge is 0.387 e. The Bertz CT molecular complexity index is 983. The van der Waals surface area contributed by atoms with Gasteiger partial charge in [0.2, 0.25) is 11.1 Å². The van der Waals surface area contributed by atoms with Crippen LogP contribution in [0.3, 0.4) is 0 Å². The third kappa shape index (κ3) is 6.17. The number of nitrogen functional groups attached to an aromatic ring is 1. The Morgan fingerprint density at radius 3 is 2.52 bits per heavy atom. The van der Waals surface area contributed by atoms with E-state index in [1.165, 1.54) is 28.6 Å². The molecule has 1 amide bonds. The predicted octanol–water partition coefficient (Wildman–Crippen LogP) is 4.01. The number of carbonyl (C=O) groups is 1. The van der Waals surface area contributed by atoms with Crippen LogP contribution in [0.1, 0.15) is 31.4 Å². The molecule has 1 heterocycles. The van der Waals surface area contributed by atoms with E-state index in [0.29, 0.717) is 16.5 Å². The van der Waals surface area contributed by atoms with Gasteiger partial charge >= 0.3 is 6.61 Å². The molecule has 0 aliphatic heterocycles. The summed E-state index contributed by atoms with van der Waals surface area (Å²) in [5, 5.41) is 11.5. The van der Waals surface area contributed by atoms with Crippen molar-refractivity contribution in [3.8, 4) is 17.1 Å². The van der Waals surface area contributed by atoms with Crippen LogP contribution in [0.25, 0.3) is 11.4 Å². The highest BCUT2D eigenvalue weighted by Gasteiger charge is 2.17. The third-order valence-corrected chi connectivity index (χ3v) is 5.39. The summed E-state index contributed by atoms with van der Waals surface area (Å²) in [5.41, 5.74) is 1.64. The summed E-state index contributed by atoms with van der Waals surface area (Å²) < 4.78 is 30.1. The van der Waals surface area contributed by atoms with E-state index < -0.39 is 6.61 Å². The number of hydrogen-bond acceptors (Lipinski definition) is 6. The zero-order chi connectivity index (χ0) is 22.2. The van der Waals surface area contributed by atoms with Crippen molar-refractivity contribution in [2.75, 3.05) is 11.6 Å². The number of thioether (sulfide) groups is 1. The number of rotatable bonds is 10. The van der Waals surface area contributed by atoms with E-state index in [0.717, 1.165) is 18.4 Å². The molecule has 164 valence electrons. The molecule has 3 N–H and O–H groups in total. The van der Waals surface area contributed by atoms with Gasteiger partial charge in [-0.2, -0.15) is 8.78 Å². The number of aromatic nitrogens is 3. The minimum atomic E-state index is -2.89. The van der Waals surface area contributed by atoms with Gasteiger partial charge in [0.25, 0.3) is 0 Å². The zero-order valence-corrected chi connectivity index (χ0v) is 17.7. The van der Waals surface area contributed by atoms with Crippen LogP contribution >= 0.6 is 11.8 Å². The molecule has 1 unspecified atom stereocenters. The average Bonchev–Trinajstić information content (AvgIpc) is 3.13. The van der Waals surface area contributed by atoms with E-state index in [9.17, 15) is 13.6 Å². The Morgan fingerprint density at radius 2 is 1.87 bits per heavy atom. The Hall–Kier alpha value is -3.14. The fraction of sp³-hybridized carbons (Fsp3) is 0.286. The number of alkyl halides is 2. The maximum atomic E-state index is 12.5. The first-order valence-corrected chi connectivity index (χ1v) is 10.7. The summed E-state index contributed by atoms with van der Waals surface area (Å²) in [7, 11) is 0. The van der Waals surface area contributed by atoms with E-state index in [1.54, 1.807) is 12.1 Å². The molecular formula is C21H23F2N5O2S. The van der Waals surface area contributed by atoms with Crippen molar-refractivity contribution in [3.05, 3.63) is 60.2 Å². The van der Waals surface area contributed by atoms with Gasteiger partial charge < -0.3 is 15.9 Å². The highest BCUT2D eigenvalue weighted by atomic mass is 32.2. The minimum Gasteiger partial charge on any atom is -0.435 e. The number of halogens is 2. The quantitative estimate of drug-likeness (QED) is 0.360. The van der Waals surface area contributed by atoms with Gasteiger partial charge in [-0.05, 0) is 36.2 Å². The van der Waals surface area contributed by atoms with Crippen LogP contribution in [0.2, 0.25) is 0 Å². The number of carbonyl (C=O) groups excluding carboxylic acids is 1. The van der Waals surface area contributed by atoms with Gasteiger partial charge in [0.15, 0.2) is 5.82 Å². The first-order chi connectivity index (χ1) is 15.0. The molecule has 0 aliphatic carbocycles. The first-order valence-electron chi connectivity index (χ1n) is 9.70. The number of ether oxygens (including phenoxy) is 1. The van der Waals surface area contributed by atoms with Crippen LogP contribution in [-0.4, -0.2) is 33.1 Å². The van der Waals surface area contributed by atoms with E-state index in [-0.39, 0.29) is 23.5 Å². The van der Waals surface area contributed by atoms with Crippen LogP contribution in [0.5, 0.6) is 5.75 Å². The van der Waals surface area contributed by atoms with Crippen LogP contribution in [0, 0.1) is 0 Å². The Morgan fingerprint density at radius 1 is 1.16 bits per heavy atom. The molecule has 0 spiro atoms. The van der Waals surface area contributed by atoms with Gasteiger partial charge in [-0.3, -0.25) is 4.79 Å². The van der Waals surface area contributed by atoms with Crippen molar-refractivity contribution in [2.24, 2.45) is 0 Å². The second-order valence-electron chi connectivity index (χ2n) is 6.69. The lowest BCUT2D eigenvalue weighted by Crippen LogP contribution is -2.30. The third-order valence-electron chi connectivity index (χ3n) is 4.45. The van der Waals surface area contributed by atoms with Gasteiger partial charge in [-0.15, -0.1) is 10.2 Å². The van der Waals surface area contributed by atoms with E-state index in [1.807, 2.05) is 30.3 Å². The fourth-order valence-corrected chi connectivity index (χ4v) is 3.69. The van der Waals surface area contributed by atoms with Crippen molar-refractivity contribution in [2.45, 2.75) is 37.6 Å². The zero-order valence-electron chi connectivity index (χ0n) is 16.9. The molecule has 7 nitrogen and oxygen atoms in total. The molecule has 1 atom stereocenters. The van der Waals surface area contributed by atoms with Gasteiger partial charge in [-0.25, -0.2) is 4.68 Å². The standard InChI is InChI=1S/C21H23F2N5O2S/c1-2-6-17(14-7-4-3-5-8-14)25-18(29)13-31-21-27-26-19(28(21)24)15-9-11-16(12-10-15)30-20(22)23/h3-5,7-12,17,20H,2,6,13,24H2,1H3,(H,25,29). The summed E-state index contributed by atoms with van der Waals surface area (Å²) in [4.78, 5) is 12.5. The number of nitrogens with zero attached hydrogens (tertiary/aromatic N) is 3. The minimum absolute atomic E-state index is 0.0353. The van der Waals surface area contributed by atoms with Gasteiger partial charge in [0, 0.05) is 5.56 Å². The molecule has 0 aliphatic rings. The van der Waals surface area contributed by atoms with E-state index in [4.69, 9.17) is 5.84 Å². The molecule has 10 heteroatoms. The van der Waals surface area contributed by atoms with Crippen LogP contribution < -0.4 is 15.9 Å². The maximum absolute atomic E-state index is 12.5. The van der Waals surface area contributed by atoms with Gasteiger partial charge in [-0.1, -0.05) is 55.4 Å². The lowest BCUT2D eigenvalue weighted by molar-refractivity contribution is -0.119. The van der Waals surface area contributed by atoms with E-state index in [2.05, 4.69) is 27.2 Å². The van der Waals surface area contributed by atoms with Crippen LogP contribution in [-0.2, 0) is 4.79 Å². The number of amides is 1. The SMILES string of the molecule is CCCC(NC(=O)CSc1nnc(-c2ccc(OC(F)F)cc2)n1N)c1ccccc1. The van der Waals surface area contributed by atoms with Crippen molar-refractivity contribution < 1.29 is 18.3 Å². The number of benzene rings is 2. The Labute approximate surface area is 183 Å². The molecule has 3 rings (SSSR count). The number of nitrogens with two attached hydrogens (primary N) is 1. The van der Waals surface area contributed by atoms with Crippen molar-refractivity contribution in [3.63, 3.8) is 0 Å². The summed E-state index contributed by atoms with van der Waals surface area (Å²) >= 11 is 1.17. The summed E-state index contributed by atoms with van der Waals surface area (Å²) in [5.74, 6) is 6.45. The lowest BCUT2D eigenvalue weighted by Gasteiger charge is -2.18. The van der Waals surface area contributed by atoms with Gasteiger partial charge in [0.05, 0.1) is 11.8 Å². The number of hydrogen-bond donors (Lipinski definition) is 2. The molecule has 3 aromatic rings. The summed E-state index contributed by atoms with van der Waals surface area (Å²) in [6.07, 6.45) is 1.78. The first kappa shape index (κ1) is 22.5. The van der Waals surface area contributed by atoms with Crippen molar-refractivity contribution in [1.29, 1.82) is 0 Å². The molecule has 0 fully saturated rings. The molecular weight excluding hydrogens is 424 g/mol. The fourth-order valence-electron chi connectivity index (χ4n) is 3.02. The molecule has 2 aromatic carbocycles. The molecule has 0 radical (unpaired) electrons. The Balaban J connectivity index is 1.61. The largest absolute Gasteiger partial charge is 0.435 e. The second kappa shape index (κ2) is 10.8. The second-order valence-corrected chi connectivity index (χ2v) is 7.63. The lowest BCUT2D eigenvalue weighted by atomic mass is 10.0.